The van der Waals surface area contributed by atoms with Gasteiger partial charge in [0.2, 0.25) is 0 Å². The third-order valence-corrected chi connectivity index (χ3v) is 2.76. The summed E-state index contributed by atoms with van der Waals surface area (Å²) in [5.74, 6) is 0.879. The van der Waals surface area contributed by atoms with Crippen LogP contribution in [0.1, 0.15) is 39.5 Å². The van der Waals surface area contributed by atoms with Crippen molar-refractivity contribution in [1.29, 1.82) is 0 Å². The Hall–Kier alpha value is -0.0400. The van der Waals surface area contributed by atoms with Crippen LogP contribution < -0.4 is 5.32 Å². The number of hydrogen-bond donors (Lipinski definition) is 1. The molecule has 1 nitrogen and oxygen atoms in total. The molecule has 66 valence electrons. The average Bonchev–Trinajstić information content (AvgIpc) is 2.67. The molecule has 1 aliphatic carbocycles. The monoisotopic (exact) mass is 155 g/mol. The molecule has 1 heteroatoms. The van der Waals surface area contributed by atoms with E-state index in [0.29, 0.717) is 0 Å². The van der Waals surface area contributed by atoms with E-state index >= 15 is 0 Å². The van der Waals surface area contributed by atoms with Crippen LogP contribution in [0.5, 0.6) is 0 Å². The van der Waals surface area contributed by atoms with Gasteiger partial charge in [0.15, 0.2) is 0 Å². The van der Waals surface area contributed by atoms with Gasteiger partial charge in [-0.1, -0.05) is 20.3 Å². The summed E-state index contributed by atoms with van der Waals surface area (Å²) in [6, 6.07) is 0. The number of rotatable bonds is 5. The summed E-state index contributed by atoms with van der Waals surface area (Å²) in [4.78, 5) is 0. The van der Waals surface area contributed by atoms with Crippen LogP contribution in [0.15, 0.2) is 0 Å². The zero-order valence-corrected chi connectivity index (χ0v) is 8.11. The van der Waals surface area contributed by atoms with Crippen molar-refractivity contribution in [2.75, 3.05) is 13.6 Å². The Balaban J connectivity index is 2.14. The SMILES string of the molecule is CNCC1(CCC(C)C)CC1. The van der Waals surface area contributed by atoms with Crippen LogP contribution in [-0.2, 0) is 0 Å². The van der Waals surface area contributed by atoms with Crippen molar-refractivity contribution >= 4 is 0 Å². The van der Waals surface area contributed by atoms with Gasteiger partial charge in [0.1, 0.15) is 0 Å². The first-order valence-electron chi connectivity index (χ1n) is 4.83. The molecule has 1 rings (SSSR count). The van der Waals surface area contributed by atoms with E-state index in [1.165, 1.54) is 32.2 Å². The summed E-state index contributed by atoms with van der Waals surface area (Å²) in [6.07, 6.45) is 5.76. The molecule has 0 saturated heterocycles. The summed E-state index contributed by atoms with van der Waals surface area (Å²) < 4.78 is 0. The zero-order chi connectivity index (χ0) is 8.32. The highest BCUT2D eigenvalue weighted by atomic mass is 14.8. The van der Waals surface area contributed by atoms with Gasteiger partial charge in [-0.2, -0.15) is 0 Å². The second kappa shape index (κ2) is 3.57. The summed E-state index contributed by atoms with van der Waals surface area (Å²) >= 11 is 0. The van der Waals surface area contributed by atoms with Crippen molar-refractivity contribution in [1.82, 2.24) is 5.32 Å². The standard InChI is InChI=1S/C10H21N/c1-9(2)4-5-10(6-7-10)8-11-3/h9,11H,4-8H2,1-3H3. The molecule has 0 radical (unpaired) electrons. The van der Waals surface area contributed by atoms with Crippen LogP contribution in [-0.4, -0.2) is 13.6 Å². The molecule has 0 aromatic carbocycles. The topological polar surface area (TPSA) is 12.0 Å². The first-order valence-corrected chi connectivity index (χ1v) is 4.83. The highest BCUT2D eigenvalue weighted by Crippen LogP contribution is 2.49. The van der Waals surface area contributed by atoms with Gasteiger partial charge in [0.25, 0.3) is 0 Å². The minimum Gasteiger partial charge on any atom is -0.319 e. The molecule has 0 bridgehead atoms. The van der Waals surface area contributed by atoms with Crippen molar-refractivity contribution in [3.8, 4) is 0 Å². The van der Waals surface area contributed by atoms with Gasteiger partial charge in [-0.15, -0.1) is 0 Å². The van der Waals surface area contributed by atoms with E-state index in [1.54, 1.807) is 0 Å². The predicted molar refractivity (Wildman–Crippen MR) is 49.7 cm³/mol. The maximum atomic E-state index is 3.29. The van der Waals surface area contributed by atoms with Crippen molar-refractivity contribution < 1.29 is 0 Å². The second-order valence-corrected chi connectivity index (χ2v) is 4.46. The van der Waals surface area contributed by atoms with Crippen LogP contribution in [0.3, 0.4) is 0 Å². The Kier molecular flexibility index (Phi) is 2.94. The Morgan fingerprint density at radius 3 is 2.36 bits per heavy atom. The van der Waals surface area contributed by atoms with E-state index in [0.717, 1.165) is 11.3 Å². The number of nitrogens with one attached hydrogen (secondary N) is 1. The first-order chi connectivity index (χ1) is 5.18. The lowest BCUT2D eigenvalue weighted by molar-refractivity contribution is 0.393. The van der Waals surface area contributed by atoms with E-state index in [9.17, 15) is 0 Å². The van der Waals surface area contributed by atoms with Crippen LogP contribution >= 0.6 is 0 Å². The van der Waals surface area contributed by atoms with Gasteiger partial charge in [-0.05, 0) is 37.6 Å². The first kappa shape index (κ1) is 9.05. The smallest absolute Gasteiger partial charge is 0.000481 e. The Morgan fingerprint density at radius 1 is 1.36 bits per heavy atom. The van der Waals surface area contributed by atoms with E-state index in [1.807, 2.05) is 0 Å². The molecule has 0 heterocycles. The summed E-state index contributed by atoms with van der Waals surface area (Å²) in [7, 11) is 2.06. The van der Waals surface area contributed by atoms with Crippen LogP contribution in [0, 0.1) is 11.3 Å². The molecule has 0 unspecified atom stereocenters. The zero-order valence-electron chi connectivity index (χ0n) is 8.11. The van der Waals surface area contributed by atoms with E-state index in [4.69, 9.17) is 0 Å². The molecule has 0 amide bonds. The molecule has 1 fully saturated rings. The fraction of sp³-hybridized carbons (Fsp3) is 1.00. The highest BCUT2D eigenvalue weighted by Gasteiger charge is 2.40. The van der Waals surface area contributed by atoms with Crippen molar-refractivity contribution in [3.63, 3.8) is 0 Å². The summed E-state index contributed by atoms with van der Waals surface area (Å²) in [5, 5.41) is 3.29. The minimum atomic E-state index is 0.721. The van der Waals surface area contributed by atoms with Crippen molar-refractivity contribution in [2.45, 2.75) is 39.5 Å². The van der Waals surface area contributed by atoms with Gasteiger partial charge in [-0.3, -0.25) is 0 Å². The molecule has 1 saturated carbocycles. The van der Waals surface area contributed by atoms with Gasteiger partial charge >= 0.3 is 0 Å². The Morgan fingerprint density at radius 2 is 2.00 bits per heavy atom. The fourth-order valence-corrected chi connectivity index (χ4v) is 1.66. The molecular weight excluding hydrogens is 134 g/mol. The van der Waals surface area contributed by atoms with E-state index in [2.05, 4.69) is 26.2 Å². The molecule has 1 N–H and O–H groups in total. The fourth-order valence-electron chi connectivity index (χ4n) is 1.66. The maximum Gasteiger partial charge on any atom is 0.000481 e. The van der Waals surface area contributed by atoms with E-state index < -0.39 is 0 Å². The Bertz CT molecular complexity index is 114. The van der Waals surface area contributed by atoms with E-state index in [-0.39, 0.29) is 0 Å². The normalized spacial score (nSPS) is 20.7. The minimum absolute atomic E-state index is 0.721. The lowest BCUT2D eigenvalue weighted by atomic mass is 9.95. The van der Waals surface area contributed by atoms with Crippen LogP contribution in [0.25, 0.3) is 0 Å². The molecule has 0 aromatic rings. The third-order valence-electron chi connectivity index (χ3n) is 2.76. The average molecular weight is 155 g/mol. The number of hydrogen-bond acceptors (Lipinski definition) is 1. The van der Waals surface area contributed by atoms with Crippen LogP contribution in [0.4, 0.5) is 0 Å². The van der Waals surface area contributed by atoms with Crippen molar-refractivity contribution in [2.24, 2.45) is 11.3 Å². The Labute approximate surface area is 70.6 Å². The molecule has 0 atom stereocenters. The summed E-state index contributed by atoms with van der Waals surface area (Å²) in [6.45, 7) is 5.87. The molecular formula is C10H21N. The molecule has 0 spiro atoms. The molecule has 11 heavy (non-hydrogen) atoms. The summed E-state index contributed by atoms with van der Waals surface area (Å²) in [5.41, 5.74) is 0.721. The van der Waals surface area contributed by atoms with Crippen molar-refractivity contribution in [3.05, 3.63) is 0 Å². The molecule has 1 aliphatic rings. The van der Waals surface area contributed by atoms with Gasteiger partial charge < -0.3 is 5.32 Å². The largest absolute Gasteiger partial charge is 0.319 e. The second-order valence-electron chi connectivity index (χ2n) is 4.46. The van der Waals surface area contributed by atoms with Crippen LogP contribution in [0.2, 0.25) is 0 Å². The van der Waals surface area contributed by atoms with Gasteiger partial charge in [-0.25, -0.2) is 0 Å². The third kappa shape index (κ3) is 2.82. The lowest BCUT2D eigenvalue weighted by Crippen LogP contribution is -2.20. The maximum absolute atomic E-state index is 3.29. The highest BCUT2D eigenvalue weighted by molar-refractivity contribution is 4.94. The predicted octanol–water partition coefficient (Wildman–Crippen LogP) is 2.42. The lowest BCUT2D eigenvalue weighted by Gasteiger charge is -2.15. The van der Waals surface area contributed by atoms with Gasteiger partial charge in [0, 0.05) is 6.54 Å². The molecule has 0 aromatic heterocycles. The van der Waals surface area contributed by atoms with Gasteiger partial charge in [0.05, 0.1) is 0 Å². The molecule has 0 aliphatic heterocycles. The quantitative estimate of drug-likeness (QED) is 0.643.